The first-order valence-corrected chi connectivity index (χ1v) is 12.0. The van der Waals surface area contributed by atoms with Crippen molar-refractivity contribution >= 4 is 43.9 Å². The molecule has 0 aliphatic heterocycles. The SMILES string of the molecule is Cc1nc(NC(=O)NC[C@@H](O)c2ccccc2)sc1-c1ccc(Cl)c(S(C)(=O)=O)c1. The van der Waals surface area contributed by atoms with Crippen LogP contribution in [0.25, 0.3) is 10.4 Å². The van der Waals surface area contributed by atoms with E-state index in [2.05, 4.69) is 15.6 Å². The number of nitrogens with one attached hydrogen (secondary N) is 2. The lowest BCUT2D eigenvalue weighted by atomic mass is 10.1. The number of aliphatic hydroxyl groups is 1. The number of nitrogens with zero attached hydrogens (tertiary/aromatic N) is 1. The molecular formula is C20H20ClN3O4S2. The number of carbonyl (C=O) groups excluding carboxylic acids is 1. The van der Waals surface area contributed by atoms with E-state index >= 15 is 0 Å². The number of amides is 2. The zero-order valence-electron chi connectivity index (χ0n) is 16.2. The molecule has 0 saturated heterocycles. The van der Waals surface area contributed by atoms with Crippen LogP contribution in [0.2, 0.25) is 5.02 Å². The fraction of sp³-hybridized carbons (Fsp3) is 0.200. The van der Waals surface area contributed by atoms with Crippen LogP contribution in [0.1, 0.15) is 17.4 Å². The van der Waals surface area contributed by atoms with E-state index in [1.807, 2.05) is 18.2 Å². The average Bonchev–Trinajstić information content (AvgIpc) is 3.06. The summed E-state index contributed by atoms with van der Waals surface area (Å²) in [5, 5.41) is 15.9. The Morgan fingerprint density at radius 2 is 1.93 bits per heavy atom. The summed E-state index contributed by atoms with van der Waals surface area (Å²) in [6.07, 6.45) is 0.271. The highest BCUT2D eigenvalue weighted by Crippen LogP contribution is 2.35. The number of urea groups is 1. The van der Waals surface area contributed by atoms with E-state index in [4.69, 9.17) is 11.6 Å². The first-order chi connectivity index (χ1) is 14.1. The number of benzene rings is 2. The quantitative estimate of drug-likeness (QED) is 0.509. The number of halogens is 1. The molecule has 30 heavy (non-hydrogen) atoms. The standard InChI is InChI=1S/C20H20ClN3O4S2/c1-12-18(14-8-9-15(21)17(10-14)30(2,27)28)29-20(23-12)24-19(26)22-11-16(25)13-6-4-3-5-7-13/h3-10,16,25H,11H2,1-2H3,(H2,22,23,24,26)/t16-/m1/s1. The third kappa shape index (κ3) is 5.37. The van der Waals surface area contributed by atoms with Gasteiger partial charge in [0.05, 0.1) is 26.6 Å². The molecule has 7 nitrogen and oxygen atoms in total. The molecule has 0 bridgehead atoms. The van der Waals surface area contributed by atoms with Crippen LogP contribution in [0.5, 0.6) is 0 Å². The Morgan fingerprint density at radius 1 is 1.23 bits per heavy atom. The summed E-state index contributed by atoms with van der Waals surface area (Å²) >= 11 is 7.22. The molecule has 1 heterocycles. The van der Waals surface area contributed by atoms with Gasteiger partial charge in [-0.3, -0.25) is 5.32 Å². The number of aliphatic hydroxyl groups excluding tert-OH is 1. The molecule has 3 aromatic rings. The topological polar surface area (TPSA) is 108 Å². The summed E-state index contributed by atoms with van der Waals surface area (Å²) in [6, 6.07) is 13.2. The van der Waals surface area contributed by atoms with Crippen molar-refractivity contribution in [3.05, 3.63) is 64.8 Å². The number of aryl methyl sites for hydroxylation is 1. The molecule has 3 rings (SSSR count). The minimum absolute atomic E-state index is 0.0385. The minimum atomic E-state index is -3.48. The lowest BCUT2D eigenvalue weighted by molar-refractivity contribution is 0.175. The molecule has 2 aromatic carbocycles. The van der Waals surface area contributed by atoms with Gasteiger partial charge in [0.25, 0.3) is 0 Å². The third-order valence-corrected chi connectivity index (χ3v) is 6.95. The molecule has 2 amide bonds. The summed E-state index contributed by atoms with van der Waals surface area (Å²) in [5.41, 5.74) is 1.98. The van der Waals surface area contributed by atoms with Crippen molar-refractivity contribution in [1.82, 2.24) is 10.3 Å². The van der Waals surface area contributed by atoms with Crippen LogP contribution in [0.3, 0.4) is 0 Å². The zero-order valence-corrected chi connectivity index (χ0v) is 18.6. The number of hydrogen-bond acceptors (Lipinski definition) is 6. The van der Waals surface area contributed by atoms with Gasteiger partial charge in [0.15, 0.2) is 15.0 Å². The number of anilines is 1. The van der Waals surface area contributed by atoms with Crippen molar-refractivity contribution in [2.75, 3.05) is 18.1 Å². The Bertz CT molecular complexity index is 1160. The van der Waals surface area contributed by atoms with Crippen molar-refractivity contribution in [2.24, 2.45) is 0 Å². The van der Waals surface area contributed by atoms with Gasteiger partial charge in [0, 0.05) is 12.8 Å². The lowest BCUT2D eigenvalue weighted by Crippen LogP contribution is -2.32. The molecule has 10 heteroatoms. The Balaban J connectivity index is 1.70. The molecule has 158 valence electrons. The fourth-order valence-electron chi connectivity index (χ4n) is 2.77. The molecule has 1 atom stereocenters. The highest BCUT2D eigenvalue weighted by molar-refractivity contribution is 7.90. The van der Waals surface area contributed by atoms with Gasteiger partial charge in [0.2, 0.25) is 0 Å². The number of carbonyl (C=O) groups is 1. The maximum Gasteiger partial charge on any atom is 0.321 e. The van der Waals surface area contributed by atoms with E-state index in [0.717, 1.165) is 11.1 Å². The molecule has 0 unspecified atom stereocenters. The second-order valence-electron chi connectivity index (χ2n) is 6.61. The molecule has 0 saturated carbocycles. The van der Waals surface area contributed by atoms with Gasteiger partial charge < -0.3 is 10.4 Å². The number of thiazole rings is 1. The average molecular weight is 466 g/mol. The number of aromatic nitrogens is 1. The number of rotatable bonds is 6. The molecule has 0 spiro atoms. The van der Waals surface area contributed by atoms with Gasteiger partial charge in [-0.05, 0) is 30.2 Å². The monoisotopic (exact) mass is 465 g/mol. The minimum Gasteiger partial charge on any atom is -0.387 e. The summed E-state index contributed by atoms with van der Waals surface area (Å²) in [7, 11) is -3.48. The van der Waals surface area contributed by atoms with Gasteiger partial charge >= 0.3 is 6.03 Å². The maximum atomic E-state index is 12.2. The Morgan fingerprint density at radius 3 is 2.60 bits per heavy atom. The normalized spacial score (nSPS) is 12.4. The summed E-state index contributed by atoms with van der Waals surface area (Å²) in [4.78, 5) is 17.3. The van der Waals surface area contributed by atoms with Crippen LogP contribution in [-0.4, -0.2) is 37.3 Å². The van der Waals surface area contributed by atoms with Gasteiger partial charge in [-0.15, -0.1) is 0 Å². The highest BCUT2D eigenvalue weighted by atomic mass is 35.5. The molecule has 0 aliphatic rings. The third-order valence-electron chi connectivity index (χ3n) is 4.25. The molecule has 0 radical (unpaired) electrons. The summed E-state index contributed by atoms with van der Waals surface area (Å²) in [5.74, 6) is 0. The molecule has 1 aromatic heterocycles. The van der Waals surface area contributed by atoms with Gasteiger partial charge in [-0.1, -0.05) is 59.3 Å². The van der Waals surface area contributed by atoms with E-state index in [9.17, 15) is 18.3 Å². The summed E-state index contributed by atoms with van der Waals surface area (Å²) < 4.78 is 23.8. The largest absolute Gasteiger partial charge is 0.387 e. The van der Waals surface area contributed by atoms with E-state index in [0.29, 0.717) is 22.0 Å². The van der Waals surface area contributed by atoms with Crippen molar-refractivity contribution in [3.63, 3.8) is 0 Å². The van der Waals surface area contributed by atoms with Crippen LogP contribution < -0.4 is 10.6 Å². The predicted molar refractivity (Wildman–Crippen MR) is 119 cm³/mol. The Kier molecular flexibility index (Phi) is 6.77. The summed E-state index contributed by atoms with van der Waals surface area (Å²) in [6.45, 7) is 1.81. The van der Waals surface area contributed by atoms with Crippen molar-refractivity contribution in [1.29, 1.82) is 0 Å². The highest BCUT2D eigenvalue weighted by Gasteiger charge is 2.17. The van der Waals surface area contributed by atoms with Crippen molar-refractivity contribution in [2.45, 2.75) is 17.9 Å². The number of hydrogen-bond donors (Lipinski definition) is 3. The van der Waals surface area contributed by atoms with Gasteiger partial charge in [0.1, 0.15) is 0 Å². The second-order valence-corrected chi connectivity index (χ2v) is 10.0. The molecule has 0 fully saturated rings. The van der Waals surface area contributed by atoms with Crippen LogP contribution in [0.4, 0.5) is 9.93 Å². The number of sulfone groups is 1. The van der Waals surface area contributed by atoms with Gasteiger partial charge in [-0.25, -0.2) is 18.2 Å². The second kappa shape index (κ2) is 9.13. The first-order valence-electron chi connectivity index (χ1n) is 8.90. The van der Waals surface area contributed by atoms with E-state index in [1.54, 1.807) is 25.1 Å². The first kappa shape index (κ1) is 22.2. The zero-order chi connectivity index (χ0) is 21.9. The van der Waals surface area contributed by atoms with Crippen LogP contribution in [0.15, 0.2) is 53.4 Å². The predicted octanol–water partition coefficient (Wildman–Crippen LogP) is 4.03. The Labute approximate surface area is 183 Å². The van der Waals surface area contributed by atoms with E-state index in [-0.39, 0.29) is 16.5 Å². The lowest BCUT2D eigenvalue weighted by Gasteiger charge is -2.12. The van der Waals surface area contributed by atoms with E-state index in [1.165, 1.54) is 23.5 Å². The molecular weight excluding hydrogens is 446 g/mol. The molecule has 3 N–H and O–H groups in total. The van der Waals surface area contributed by atoms with Crippen LogP contribution in [0, 0.1) is 6.92 Å². The van der Waals surface area contributed by atoms with Crippen molar-refractivity contribution in [3.8, 4) is 10.4 Å². The Hall–Kier alpha value is -2.46. The smallest absolute Gasteiger partial charge is 0.321 e. The van der Waals surface area contributed by atoms with E-state index < -0.39 is 22.0 Å². The fourth-order valence-corrected chi connectivity index (χ4v) is 5.03. The van der Waals surface area contributed by atoms with Crippen LogP contribution in [-0.2, 0) is 9.84 Å². The van der Waals surface area contributed by atoms with Crippen molar-refractivity contribution < 1.29 is 18.3 Å². The van der Waals surface area contributed by atoms with Crippen LogP contribution >= 0.6 is 22.9 Å². The maximum absolute atomic E-state index is 12.2. The van der Waals surface area contributed by atoms with Gasteiger partial charge in [-0.2, -0.15) is 0 Å². The molecule has 0 aliphatic carbocycles.